The van der Waals surface area contributed by atoms with Crippen molar-refractivity contribution in [2.45, 2.75) is 6.61 Å². The molecule has 18 heavy (non-hydrogen) atoms. The summed E-state index contributed by atoms with van der Waals surface area (Å²) in [6.07, 6.45) is 1.55. The number of hydrazine groups is 1. The highest BCUT2D eigenvalue weighted by Crippen LogP contribution is 2.27. The maximum absolute atomic E-state index is 13.4. The number of nitrogens with zero attached hydrogens (tertiary/aromatic N) is 1. The summed E-state index contributed by atoms with van der Waals surface area (Å²) in [4.78, 5) is 4.67. The van der Waals surface area contributed by atoms with Crippen LogP contribution in [0.25, 0.3) is 0 Å². The number of hydrogen-bond donors (Lipinski definition) is 2. The van der Waals surface area contributed by atoms with Crippen LogP contribution in [-0.2, 0) is 6.61 Å². The Labute approximate surface area is 114 Å². The molecule has 1 aromatic carbocycles. The molecule has 0 amide bonds. The van der Waals surface area contributed by atoms with Gasteiger partial charge >= 0.3 is 0 Å². The SMILES string of the molecule is NNc1ncc(COc2cc(Br)cc(F)c2F)s1. The molecule has 0 saturated carbocycles. The minimum absolute atomic E-state index is 0.0894. The molecule has 0 bridgehead atoms. The number of anilines is 1. The third-order valence-electron chi connectivity index (χ3n) is 2.01. The van der Waals surface area contributed by atoms with Crippen LogP contribution < -0.4 is 16.0 Å². The first-order valence-electron chi connectivity index (χ1n) is 4.79. The molecular formula is C10H8BrF2N3OS. The number of nitrogens with one attached hydrogen (secondary N) is 1. The van der Waals surface area contributed by atoms with E-state index in [1.165, 1.54) is 17.4 Å². The van der Waals surface area contributed by atoms with Crippen LogP contribution in [0.15, 0.2) is 22.8 Å². The van der Waals surface area contributed by atoms with Crippen LogP contribution in [0.3, 0.4) is 0 Å². The van der Waals surface area contributed by atoms with E-state index in [4.69, 9.17) is 10.6 Å². The van der Waals surface area contributed by atoms with Crippen LogP contribution in [0.2, 0.25) is 0 Å². The lowest BCUT2D eigenvalue weighted by molar-refractivity contribution is 0.287. The molecule has 0 fully saturated rings. The van der Waals surface area contributed by atoms with E-state index in [0.717, 1.165) is 10.9 Å². The molecule has 1 heterocycles. The molecule has 0 unspecified atom stereocenters. The Bertz CT molecular complexity index is 564. The summed E-state index contributed by atoms with van der Waals surface area (Å²) in [5.41, 5.74) is 2.39. The predicted octanol–water partition coefficient (Wildman–Crippen LogP) is 3.05. The van der Waals surface area contributed by atoms with Crippen LogP contribution in [0, 0.1) is 11.6 Å². The standard InChI is InChI=1S/C10H8BrF2N3OS/c11-5-1-7(12)9(13)8(2-5)17-4-6-3-15-10(16-14)18-6/h1-3H,4,14H2,(H,15,16). The Balaban J connectivity index is 2.10. The molecule has 0 saturated heterocycles. The van der Waals surface area contributed by atoms with Gasteiger partial charge in [0.2, 0.25) is 5.82 Å². The second-order valence-corrected chi connectivity index (χ2v) is 5.30. The number of ether oxygens (including phenoxy) is 1. The fraction of sp³-hybridized carbons (Fsp3) is 0.100. The first-order valence-corrected chi connectivity index (χ1v) is 6.39. The molecule has 1 aromatic heterocycles. The van der Waals surface area contributed by atoms with Gasteiger partial charge in [0.15, 0.2) is 16.7 Å². The van der Waals surface area contributed by atoms with Crippen molar-refractivity contribution in [2.75, 3.05) is 5.43 Å². The number of aromatic nitrogens is 1. The number of rotatable bonds is 4. The lowest BCUT2D eigenvalue weighted by Gasteiger charge is -2.06. The summed E-state index contributed by atoms with van der Waals surface area (Å²) < 4.78 is 32.1. The largest absolute Gasteiger partial charge is 0.485 e. The zero-order valence-electron chi connectivity index (χ0n) is 8.91. The topological polar surface area (TPSA) is 60.2 Å². The van der Waals surface area contributed by atoms with Gasteiger partial charge in [-0.3, -0.25) is 5.43 Å². The Morgan fingerprint density at radius 1 is 1.44 bits per heavy atom. The summed E-state index contributed by atoms with van der Waals surface area (Å²) in [7, 11) is 0. The average molecular weight is 336 g/mol. The van der Waals surface area contributed by atoms with E-state index in [-0.39, 0.29) is 12.4 Å². The van der Waals surface area contributed by atoms with Crippen molar-refractivity contribution in [3.05, 3.63) is 39.3 Å². The normalized spacial score (nSPS) is 10.4. The molecule has 96 valence electrons. The highest BCUT2D eigenvalue weighted by atomic mass is 79.9. The summed E-state index contributed by atoms with van der Waals surface area (Å²) >= 11 is 4.33. The first-order chi connectivity index (χ1) is 8.60. The summed E-state index contributed by atoms with van der Waals surface area (Å²) in [5, 5.41) is 0.523. The maximum Gasteiger partial charge on any atom is 0.200 e. The summed E-state index contributed by atoms with van der Waals surface area (Å²) in [6, 6.07) is 2.40. The molecule has 0 aliphatic carbocycles. The van der Waals surface area contributed by atoms with Gasteiger partial charge in [-0.1, -0.05) is 27.3 Å². The van der Waals surface area contributed by atoms with Gasteiger partial charge in [-0.15, -0.1) is 0 Å². The van der Waals surface area contributed by atoms with Gasteiger partial charge in [-0.2, -0.15) is 4.39 Å². The molecule has 0 radical (unpaired) electrons. The van der Waals surface area contributed by atoms with Crippen molar-refractivity contribution in [2.24, 2.45) is 5.84 Å². The number of thiazole rings is 1. The van der Waals surface area contributed by atoms with Gasteiger partial charge in [0, 0.05) is 10.7 Å². The van der Waals surface area contributed by atoms with Gasteiger partial charge in [0.05, 0.1) is 4.88 Å². The monoisotopic (exact) mass is 335 g/mol. The van der Waals surface area contributed by atoms with Crippen LogP contribution in [0.1, 0.15) is 4.88 Å². The van der Waals surface area contributed by atoms with Crippen LogP contribution in [0.4, 0.5) is 13.9 Å². The third-order valence-corrected chi connectivity index (χ3v) is 3.37. The zero-order chi connectivity index (χ0) is 13.1. The third kappa shape index (κ3) is 2.95. The molecule has 8 heteroatoms. The second kappa shape index (κ2) is 5.59. The Morgan fingerprint density at radius 3 is 2.89 bits per heavy atom. The van der Waals surface area contributed by atoms with E-state index in [2.05, 4.69) is 26.3 Å². The number of nitrogen functional groups attached to an aromatic ring is 1. The van der Waals surface area contributed by atoms with Gasteiger partial charge in [0.1, 0.15) is 6.61 Å². The quantitative estimate of drug-likeness (QED) is 0.512. The highest BCUT2D eigenvalue weighted by molar-refractivity contribution is 9.10. The number of hydrogen-bond acceptors (Lipinski definition) is 5. The van der Waals surface area contributed by atoms with E-state index in [1.54, 1.807) is 6.20 Å². The predicted molar refractivity (Wildman–Crippen MR) is 68.3 cm³/mol. The minimum Gasteiger partial charge on any atom is -0.485 e. The molecule has 0 aliphatic rings. The maximum atomic E-state index is 13.4. The zero-order valence-corrected chi connectivity index (χ0v) is 11.3. The molecule has 2 aromatic rings. The van der Waals surface area contributed by atoms with Gasteiger partial charge in [-0.25, -0.2) is 15.2 Å². The van der Waals surface area contributed by atoms with Crippen molar-refractivity contribution in [1.82, 2.24) is 4.98 Å². The Kier molecular flexibility index (Phi) is 4.10. The number of nitrogens with two attached hydrogens (primary N) is 1. The van der Waals surface area contributed by atoms with E-state index in [9.17, 15) is 8.78 Å². The van der Waals surface area contributed by atoms with E-state index >= 15 is 0 Å². The smallest absolute Gasteiger partial charge is 0.200 e. The fourth-order valence-corrected chi connectivity index (χ4v) is 2.27. The van der Waals surface area contributed by atoms with Crippen LogP contribution >= 0.6 is 27.3 Å². The minimum atomic E-state index is -1.01. The highest BCUT2D eigenvalue weighted by Gasteiger charge is 2.12. The first kappa shape index (κ1) is 13.2. The van der Waals surface area contributed by atoms with E-state index in [0.29, 0.717) is 9.60 Å². The van der Waals surface area contributed by atoms with Crippen molar-refractivity contribution in [3.8, 4) is 5.75 Å². The molecule has 0 aliphatic heterocycles. The molecule has 0 spiro atoms. The van der Waals surface area contributed by atoms with Gasteiger partial charge in [0.25, 0.3) is 0 Å². The summed E-state index contributed by atoms with van der Waals surface area (Å²) in [6.45, 7) is 0.0894. The average Bonchev–Trinajstić information content (AvgIpc) is 2.80. The van der Waals surface area contributed by atoms with Crippen molar-refractivity contribution in [3.63, 3.8) is 0 Å². The number of benzene rings is 1. The van der Waals surface area contributed by atoms with Crippen LogP contribution in [0.5, 0.6) is 5.75 Å². The molecule has 4 nitrogen and oxygen atoms in total. The molecule has 0 atom stereocenters. The Hall–Kier alpha value is -1.25. The van der Waals surface area contributed by atoms with Gasteiger partial charge in [-0.05, 0) is 12.1 Å². The Morgan fingerprint density at radius 2 is 2.22 bits per heavy atom. The fourth-order valence-electron chi connectivity index (χ4n) is 1.23. The van der Waals surface area contributed by atoms with Crippen molar-refractivity contribution >= 4 is 32.4 Å². The lowest BCUT2D eigenvalue weighted by Crippen LogP contribution is -2.05. The van der Waals surface area contributed by atoms with Crippen molar-refractivity contribution in [1.29, 1.82) is 0 Å². The van der Waals surface area contributed by atoms with E-state index < -0.39 is 11.6 Å². The summed E-state index contributed by atoms with van der Waals surface area (Å²) in [5.74, 6) is 3.04. The van der Waals surface area contributed by atoms with Crippen molar-refractivity contribution < 1.29 is 13.5 Å². The molecular weight excluding hydrogens is 328 g/mol. The van der Waals surface area contributed by atoms with Gasteiger partial charge < -0.3 is 4.74 Å². The molecule has 2 rings (SSSR count). The van der Waals surface area contributed by atoms with E-state index in [1.807, 2.05) is 0 Å². The van der Waals surface area contributed by atoms with Crippen LogP contribution in [-0.4, -0.2) is 4.98 Å². The molecule has 3 N–H and O–H groups in total. The second-order valence-electron chi connectivity index (χ2n) is 3.26. The lowest BCUT2D eigenvalue weighted by atomic mass is 10.3. The number of halogens is 3.